The molecule has 12 heteroatoms. The zero-order chi connectivity index (χ0) is 33.9. The number of nitrogens with zero attached hydrogens (tertiary/aromatic N) is 6. The van der Waals surface area contributed by atoms with Crippen LogP contribution in [0.25, 0.3) is 0 Å². The Balaban J connectivity index is 1.25. The quantitative estimate of drug-likeness (QED) is 0.377. The predicted molar refractivity (Wildman–Crippen MR) is 185 cm³/mol. The molecule has 5 rings (SSSR count). The van der Waals surface area contributed by atoms with Crippen LogP contribution in [0.2, 0.25) is 0 Å². The van der Waals surface area contributed by atoms with Crippen LogP contribution in [0.4, 0.5) is 22.0 Å². The second-order valence-electron chi connectivity index (χ2n) is 14.1. The van der Waals surface area contributed by atoms with Crippen molar-refractivity contribution >= 4 is 29.2 Å². The molecule has 0 spiro atoms. The molecule has 1 saturated carbocycles. The highest BCUT2D eigenvalue weighted by Gasteiger charge is 2.36. The maximum atomic E-state index is 12.7. The molecule has 256 valence electrons. The molecule has 3 N–H and O–H groups in total. The number of hydrogen-bond acceptors (Lipinski definition) is 10. The van der Waals surface area contributed by atoms with Crippen molar-refractivity contribution in [2.45, 2.75) is 83.6 Å². The zero-order valence-electron chi connectivity index (χ0n) is 28.9. The summed E-state index contributed by atoms with van der Waals surface area (Å²) in [5.74, 6) is -0.131. The molecule has 3 heterocycles. The van der Waals surface area contributed by atoms with Crippen LogP contribution in [0.5, 0.6) is 5.88 Å². The van der Waals surface area contributed by atoms with Crippen LogP contribution in [-0.2, 0) is 11.2 Å². The summed E-state index contributed by atoms with van der Waals surface area (Å²) >= 11 is 0. The van der Waals surface area contributed by atoms with Crippen molar-refractivity contribution in [3.8, 4) is 5.88 Å². The number of likely N-dealkylation sites (N-methyl/N-ethyl adjacent to an activating group) is 1. The summed E-state index contributed by atoms with van der Waals surface area (Å²) in [6, 6.07) is 8.69. The minimum absolute atomic E-state index is 0.0528. The van der Waals surface area contributed by atoms with Gasteiger partial charge in [0.2, 0.25) is 5.88 Å². The molecule has 1 aliphatic carbocycles. The lowest BCUT2D eigenvalue weighted by atomic mass is 10.0. The summed E-state index contributed by atoms with van der Waals surface area (Å²) < 4.78 is 11.9. The van der Waals surface area contributed by atoms with Gasteiger partial charge in [0, 0.05) is 76.2 Å². The van der Waals surface area contributed by atoms with Crippen molar-refractivity contribution in [1.82, 2.24) is 24.7 Å². The topological polar surface area (TPSA) is 129 Å². The van der Waals surface area contributed by atoms with Crippen molar-refractivity contribution in [1.29, 1.82) is 0 Å². The number of aromatic nitrogens is 2. The monoisotopic (exact) mass is 648 g/mol. The van der Waals surface area contributed by atoms with E-state index in [4.69, 9.17) is 20.2 Å². The lowest BCUT2D eigenvalue weighted by Crippen LogP contribution is -2.52. The molecule has 2 amide bonds. The summed E-state index contributed by atoms with van der Waals surface area (Å²) in [5, 5.41) is 3.25. The van der Waals surface area contributed by atoms with E-state index in [-0.39, 0.29) is 29.8 Å². The molecule has 2 saturated heterocycles. The first kappa shape index (κ1) is 34.4. The third kappa shape index (κ3) is 8.53. The van der Waals surface area contributed by atoms with Crippen molar-refractivity contribution in [2.75, 3.05) is 63.6 Å². The molecule has 2 aliphatic heterocycles. The van der Waals surface area contributed by atoms with Gasteiger partial charge in [-0.25, -0.2) is 9.78 Å². The highest BCUT2D eigenvalue weighted by Crippen LogP contribution is 2.34. The molecule has 1 aromatic carbocycles. The summed E-state index contributed by atoms with van der Waals surface area (Å²) in [4.78, 5) is 43.5. The average molecular weight is 649 g/mol. The number of carbonyl (C=O) groups is 2. The van der Waals surface area contributed by atoms with Gasteiger partial charge in [0.15, 0.2) is 11.5 Å². The zero-order valence-corrected chi connectivity index (χ0v) is 28.9. The van der Waals surface area contributed by atoms with Gasteiger partial charge in [0.05, 0.1) is 0 Å². The van der Waals surface area contributed by atoms with Gasteiger partial charge >= 0.3 is 6.09 Å². The number of rotatable bonds is 9. The second kappa shape index (κ2) is 14.5. The van der Waals surface area contributed by atoms with E-state index in [0.29, 0.717) is 36.9 Å². The fourth-order valence-corrected chi connectivity index (χ4v) is 6.58. The molecule has 47 heavy (non-hydrogen) atoms. The first-order valence-electron chi connectivity index (χ1n) is 16.9. The minimum atomic E-state index is -0.676. The standard InChI is InChI=1S/C35H52N8O4/c1-8-28-33(46-29-22-27(21-23(29)2)41(7)34(45)47-35(3,4)5)39-32(30(38-28)31(36)44)37-24-9-11-25(12-10-24)42-15-13-26(14-16-42)43-19-17-40(6)18-20-43/h9-12,26-27,29H,2,8,13-22H2,1,3-7H3,(H2,36,44)(H,37,39)/t27-,29+/m0/s1. The summed E-state index contributed by atoms with van der Waals surface area (Å²) in [6.07, 6.45) is 3.18. The molecule has 0 bridgehead atoms. The van der Waals surface area contributed by atoms with Gasteiger partial charge in [0.1, 0.15) is 17.4 Å². The number of piperazine rings is 1. The van der Waals surface area contributed by atoms with Gasteiger partial charge in [0.25, 0.3) is 5.91 Å². The third-order valence-electron chi connectivity index (χ3n) is 9.44. The molecule has 3 aliphatic rings. The van der Waals surface area contributed by atoms with Gasteiger partial charge in [-0.05, 0) is 83.3 Å². The van der Waals surface area contributed by atoms with Crippen molar-refractivity contribution in [3.63, 3.8) is 0 Å². The number of nitrogens with two attached hydrogens (primary N) is 1. The van der Waals surface area contributed by atoms with Gasteiger partial charge in [-0.1, -0.05) is 13.5 Å². The number of ether oxygens (including phenoxy) is 2. The first-order valence-corrected chi connectivity index (χ1v) is 16.9. The lowest BCUT2D eigenvalue weighted by molar-refractivity contribution is 0.0218. The van der Waals surface area contributed by atoms with Crippen LogP contribution in [0.15, 0.2) is 36.4 Å². The largest absolute Gasteiger partial charge is 0.468 e. The van der Waals surface area contributed by atoms with Crippen LogP contribution >= 0.6 is 0 Å². The summed E-state index contributed by atoms with van der Waals surface area (Å²) in [5.41, 5.74) is 8.52. The fraction of sp³-hybridized carbons (Fsp3) is 0.600. The van der Waals surface area contributed by atoms with E-state index in [1.54, 1.807) is 11.9 Å². The van der Waals surface area contributed by atoms with E-state index in [2.05, 4.69) is 50.8 Å². The average Bonchev–Trinajstić information content (AvgIpc) is 3.40. The summed E-state index contributed by atoms with van der Waals surface area (Å²) in [6.45, 7) is 18.3. The van der Waals surface area contributed by atoms with Crippen molar-refractivity contribution < 1.29 is 19.1 Å². The molecule has 1 aromatic heterocycles. The second-order valence-corrected chi connectivity index (χ2v) is 14.1. The Morgan fingerprint density at radius 2 is 1.72 bits per heavy atom. The smallest absolute Gasteiger partial charge is 0.410 e. The molecular weight excluding hydrogens is 596 g/mol. The molecule has 0 unspecified atom stereocenters. The number of aryl methyl sites for hydroxylation is 1. The van der Waals surface area contributed by atoms with Crippen LogP contribution in [0.3, 0.4) is 0 Å². The van der Waals surface area contributed by atoms with Crippen molar-refractivity contribution in [3.05, 3.63) is 47.8 Å². The molecule has 2 atom stereocenters. The maximum absolute atomic E-state index is 12.7. The van der Waals surface area contributed by atoms with Crippen LogP contribution < -0.4 is 20.7 Å². The number of nitrogens with one attached hydrogen (secondary N) is 1. The normalized spacial score (nSPS) is 21.5. The summed E-state index contributed by atoms with van der Waals surface area (Å²) in [7, 11) is 3.93. The molecule has 0 radical (unpaired) electrons. The fourth-order valence-electron chi connectivity index (χ4n) is 6.58. The Hall–Kier alpha value is -3.90. The molecule has 2 aromatic rings. The first-order chi connectivity index (χ1) is 22.3. The molecular formula is C35H52N8O4. The van der Waals surface area contributed by atoms with E-state index in [1.165, 1.54) is 18.5 Å². The Bertz CT molecular complexity index is 1430. The Kier molecular flexibility index (Phi) is 10.6. The number of amides is 2. The van der Waals surface area contributed by atoms with E-state index in [1.807, 2.05) is 39.8 Å². The van der Waals surface area contributed by atoms with Crippen LogP contribution in [-0.4, -0.2) is 114 Å². The van der Waals surface area contributed by atoms with E-state index in [0.717, 1.165) is 50.5 Å². The van der Waals surface area contributed by atoms with Crippen LogP contribution in [0, 0.1) is 0 Å². The Morgan fingerprint density at radius 1 is 1.06 bits per heavy atom. The highest BCUT2D eigenvalue weighted by molar-refractivity contribution is 5.96. The number of hydrogen-bond donors (Lipinski definition) is 2. The van der Waals surface area contributed by atoms with Gasteiger partial charge in [-0.15, -0.1) is 0 Å². The SMILES string of the molecule is C=C1C[C@H](N(C)C(=O)OC(C)(C)C)C[C@H]1Oc1nc(Nc2ccc(N3CCC(N4CCN(C)CC4)CC3)cc2)c(C(N)=O)nc1CC. The van der Waals surface area contributed by atoms with Crippen LogP contribution in [0.1, 0.15) is 69.6 Å². The van der Waals surface area contributed by atoms with Crippen molar-refractivity contribution in [2.24, 2.45) is 5.73 Å². The van der Waals surface area contributed by atoms with E-state index in [9.17, 15) is 9.59 Å². The van der Waals surface area contributed by atoms with E-state index >= 15 is 0 Å². The third-order valence-corrected chi connectivity index (χ3v) is 9.44. The lowest BCUT2D eigenvalue weighted by Gasteiger charge is -2.42. The van der Waals surface area contributed by atoms with Gasteiger partial charge in [-0.2, -0.15) is 4.98 Å². The molecule has 12 nitrogen and oxygen atoms in total. The number of piperidine rings is 1. The van der Waals surface area contributed by atoms with E-state index < -0.39 is 11.5 Å². The number of anilines is 3. The molecule has 3 fully saturated rings. The van der Waals surface area contributed by atoms with Gasteiger partial charge in [-0.3, -0.25) is 9.69 Å². The Labute approximate surface area is 279 Å². The predicted octanol–water partition coefficient (Wildman–Crippen LogP) is 4.43. The number of benzene rings is 1. The number of primary amides is 1. The minimum Gasteiger partial charge on any atom is -0.468 e. The Morgan fingerprint density at radius 3 is 2.32 bits per heavy atom. The maximum Gasteiger partial charge on any atom is 0.410 e. The van der Waals surface area contributed by atoms with Gasteiger partial charge < -0.3 is 35.2 Å². The number of carbonyl (C=O) groups excluding carboxylic acids is 2. The highest BCUT2D eigenvalue weighted by atomic mass is 16.6.